The summed E-state index contributed by atoms with van der Waals surface area (Å²) >= 11 is 0. The average Bonchev–Trinajstić information content (AvgIpc) is 3.03. The molecule has 0 bridgehead atoms. The lowest BCUT2D eigenvalue weighted by atomic mass is 9.49. The zero-order valence-electron chi connectivity index (χ0n) is 19.9. The molecule has 4 aliphatic rings. The summed E-state index contributed by atoms with van der Waals surface area (Å²) in [5.41, 5.74) is 4.55. The number of hydrogen-bond donors (Lipinski definition) is 0. The van der Waals surface area contributed by atoms with Gasteiger partial charge in [0.1, 0.15) is 5.78 Å². The van der Waals surface area contributed by atoms with E-state index in [2.05, 4.69) is 53.7 Å². The van der Waals surface area contributed by atoms with E-state index < -0.39 is 0 Å². The van der Waals surface area contributed by atoms with Crippen molar-refractivity contribution in [3.8, 4) is 0 Å². The summed E-state index contributed by atoms with van der Waals surface area (Å²) < 4.78 is 0. The zero-order chi connectivity index (χ0) is 21.0. The number of ketones is 1. The van der Waals surface area contributed by atoms with Crippen LogP contribution in [0.5, 0.6) is 0 Å². The van der Waals surface area contributed by atoms with Crippen molar-refractivity contribution < 1.29 is 4.79 Å². The van der Waals surface area contributed by atoms with Gasteiger partial charge in [0, 0.05) is 12.8 Å². The third-order valence-electron chi connectivity index (χ3n) is 10.3. The van der Waals surface area contributed by atoms with Crippen molar-refractivity contribution in [2.75, 3.05) is 0 Å². The van der Waals surface area contributed by atoms with Crippen molar-refractivity contribution in [2.24, 2.45) is 46.3 Å². The summed E-state index contributed by atoms with van der Waals surface area (Å²) in [6.45, 7) is 14.6. The fraction of sp³-hybridized carbons (Fsp3) is 0.821. The van der Waals surface area contributed by atoms with Gasteiger partial charge in [-0.15, -0.1) is 0 Å². The van der Waals surface area contributed by atoms with E-state index in [0.29, 0.717) is 34.4 Å². The molecule has 0 aliphatic heterocycles. The monoisotopic (exact) mass is 396 g/mol. The molecule has 7 unspecified atom stereocenters. The number of fused-ring (bicyclic) bond motifs is 4. The first-order chi connectivity index (χ1) is 13.7. The van der Waals surface area contributed by atoms with Crippen LogP contribution in [0.3, 0.4) is 0 Å². The van der Waals surface area contributed by atoms with Gasteiger partial charge in [-0.2, -0.15) is 0 Å². The van der Waals surface area contributed by atoms with Crippen LogP contribution in [0, 0.1) is 46.3 Å². The molecule has 0 N–H and O–H groups in total. The van der Waals surface area contributed by atoms with E-state index in [-0.39, 0.29) is 0 Å². The van der Waals surface area contributed by atoms with Crippen LogP contribution in [0.25, 0.3) is 0 Å². The predicted molar refractivity (Wildman–Crippen MR) is 123 cm³/mol. The van der Waals surface area contributed by atoms with Crippen molar-refractivity contribution in [1.82, 2.24) is 0 Å². The van der Waals surface area contributed by atoms with Gasteiger partial charge in [-0.05, 0) is 91.3 Å². The molecule has 0 aromatic carbocycles. The molecule has 0 heterocycles. The molecule has 0 aromatic rings. The summed E-state index contributed by atoms with van der Waals surface area (Å²) in [6, 6.07) is 0. The van der Waals surface area contributed by atoms with Gasteiger partial charge in [0.15, 0.2) is 0 Å². The van der Waals surface area contributed by atoms with Gasteiger partial charge < -0.3 is 0 Å². The fourth-order valence-electron chi connectivity index (χ4n) is 7.87. The summed E-state index contributed by atoms with van der Waals surface area (Å²) in [4.78, 5) is 12.1. The third-order valence-corrected chi connectivity index (χ3v) is 10.3. The molecule has 3 saturated carbocycles. The van der Waals surface area contributed by atoms with Crippen molar-refractivity contribution in [3.63, 3.8) is 0 Å². The Bertz CT molecular complexity index is 712. The van der Waals surface area contributed by atoms with E-state index in [1.165, 1.54) is 38.5 Å². The minimum absolute atomic E-state index is 0.395. The van der Waals surface area contributed by atoms with Crippen molar-refractivity contribution >= 4 is 5.78 Å². The van der Waals surface area contributed by atoms with Crippen LogP contribution >= 0.6 is 0 Å². The Morgan fingerprint density at radius 2 is 1.69 bits per heavy atom. The molecule has 1 nitrogen and oxygen atoms in total. The second-order valence-corrected chi connectivity index (χ2v) is 12.0. The Kier molecular flexibility index (Phi) is 5.67. The lowest BCUT2D eigenvalue weighted by molar-refractivity contribution is -0.127. The highest BCUT2D eigenvalue weighted by molar-refractivity contribution is 5.79. The number of hydrogen-bond acceptors (Lipinski definition) is 1. The van der Waals surface area contributed by atoms with Crippen molar-refractivity contribution in [2.45, 2.75) is 99.3 Å². The average molecular weight is 397 g/mol. The quantitative estimate of drug-likeness (QED) is 0.444. The van der Waals surface area contributed by atoms with E-state index in [9.17, 15) is 4.79 Å². The van der Waals surface area contributed by atoms with E-state index in [4.69, 9.17) is 0 Å². The third kappa shape index (κ3) is 3.49. The Morgan fingerprint density at radius 1 is 0.931 bits per heavy atom. The molecule has 1 heteroatoms. The lowest BCUT2D eigenvalue weighted by Gasteiger charge is -2.55. The van der Waals surface area contributed by atoms with Crippen LogP contribution in [0.1, 0.15) is 99.3 Å². The molecule has 4 aliphatic carbocycles. The maximum absolute atomic E-state index is 12.1. The molecule has 0 saturated heterocycles. The number of rotatable bonds is 4. The predicted octanol–water partition coefficient (Wildman–Crippen LogP) is 7.76. The molecule has 0 amide bonds. The Hall–Kier alpha value is -0.850. The van der Waals surface area contributed by atoms with Gasteiger partial charge in [0.05, 0.1) is 0 Å². The highest BCUT2D eigenvalue weighted by atomic mass is 16.1. The van der Waals surface area contributed by atoms with Crippen LogP contribution in [0.4, 0.5) is 0 Å². The van der Waals surface area contributed by atoms with Crippen LogP contribution < -0.4 is 0 Å². The Balaban J connectivity index is 1.58. The molecule has 0 radical (unpaired) electrons. The van der Waals surface area contributed by atoms with Crippen molar-refractivity contribution in [3.05, 3.63) is 23.3 Å². The second-order valence-electron chi connectivity index (χ2n) is 12.0. The molecule has 7 atom stereocenters. The SMILES string of the molecule is CC(C)C(C)C=CC(C)C1CCC2=C3CCC4CC(=O)CCC4(C)C3CCC21C. The maximum atomic E-state index is 12.1. The normalized spacial score (nSPS) is 42.0. The first-order valence-electron chi connectivity index (χ1n) is 12.6. The zero-order valence-corrected chi connectivity index (χ0v) is 19.9. The van der Waals surface area contributed by atoms with Gasteiger partial charge >= 0.3 is 0 Å². The summed E-state index contributed by atoms with van der Waals surface area (Å²) in [5.74, 6) is 4.83. The minimum atomic E-state index is 0.395. The molecule has 4 rings (SSSR count). The largest absolute Gasteiger partial charge is 0.300 e. The van der Waals surface area contributed by atoms with Gasteiger partial charge in [-0.1, -0.05) is 64.8 Å². The number of carbonyl (C=O) groups is 1. The first kappa shape index (κ1) is 21.4. The van der Waals surface area contributed by atoms with E-state index >= 15 is 0 Å². The minimum Gasteiger partial charge on any atom is -0.300 e. The topological polar surface area (TPSA) is 17.1 Å². The molecule has 0 aromatic heterocycles. The molecule has 0 spiro atoms. The summed E-state index contributed by atoms with van der Waals surface area (Å²) in [7, 11) is 0. The van der Waals surface area contributed by atoms with Gasteiger partial charge in [0.25, 0.3) is 0 Å². The molecule has 162 valence electrons. The fourth-order valence-corrected chi connectivity index (χ4v) is 7.87. The summed E-state index contributed by atoms with van der Waals surface area (Å²) in [6.07, 6.45) is 15.9. The highest BCUT2D eigenvalue weighted by Gasteiger charge is 2.55. The maximum Gasteiger partial charge on any atom is 0.133 e. The van der Waals surface area contributed by atoms with Crippen LogP contribution in [-0.4, -0.2) is 5.78 Å². The highest BCUT2D eigenvalue weighted by Crippen LogP contribution is 2.65. The smallest absolute Gasteiger partial charge is 0.133 e. The van der Waals surface area contributed by atoms with Gasteiger partial charge in [-0.3, -0.25) is 4.79 Å². The van der Waals surface area contributed by atoms with Crippen LogP contribution in [-0.2, 0) is 4.79 Å². The molecular weight excluding hydrogens is 352 g/mol. The van der Waals surface area contributed by atoms with E-state index in [0.717, 1.165) is 37.0 Å². The second kappa shape index (κ2) is 7.69. The van der Waals surface area contributed by atoms with Crippen LogP contribution in [0.15, 0.2) is 23.3 Å². The van der Waals surface area contributed by atoms with Crippen molar-refractivity contribution in [1.29, 1.82) is 0 Å². The number of Topliss-reactive ketones (excluding diaryl/α,β-unsaturated/α-hetero) is 1. The van der Waals surface area contributed by atoms with E-state index in [1.54, 1.807) is 0 Å². The number of carbonyl (C=O) groups excluding carboxylic acids is 1. The van der Waals surface area contributed by atoms with Gasteiger partial charge in [0.2, 0.25) is 0 Å². The van der Waals surface area contributed by atoms with E-state index in [1.807, 2.05) is 11.1 Å². The first-order valence-corrected chi connectivity index (χ1v) is 12.6. The number of allylic oxidation sites excluding steroid dienone is 4. The Labute approximate surface area is 179 Å². The Morgan fingerprint density at radius 3 is 2.41 bits per heavy atom. The van der Waals surface area contributed by atoms with Crippen LogP contribution in [0.2, 0.25) is 0 Å². The molecular formula is C28H44O. The lowest BCUT2D eigenvalue weighted by Crippen LogP contribution is -2.47. The molecule has 29 heavy (non-hydrogen) atoms. The van der Waals surface area contributed by atoms with Gasteiger partial charge in [-0.25, -0.2) is 0 Å². The molecule has 3 fully saturated rings. The summed E-state index contributed by atoms with van der Waals surface area (Å²) in [5, 5.41) is 0. The standard InChI is InChI=1S/C28H44O/c1-18(2)19(3)7-8-20(4)24-11-12-25-23-10-9-21-17-22(29)13-15-27(21,5)26(23)14-16-28(24,25)6/h7-8,18-21,24,26H,9-17H2,1-6H3.